The average Bonchev–Trinajstić information content (AvgIpc) is 3.05. The van der Waals surface area contributed by atoms with Gasteiger partial charge in [-0.05, 0) is 42.8 Å². The zero-order valence-electron chi connectivity index (χ0n) is 25.2. The first-order valence-corrected chi connectivity index (χ1v) is 15.1. The van der Waals surface area contributed by atoms with Gasteiger partial charge in [-0.2, -0.15) is 13.2 Å². The van der Waals surface area contributed by atoms with Gasteiger partial charge >= 0.3 is 6.68 Å². The Balaban J connectivity index is 0.000000610. The first-order chi connectivity index (χ1) is 20.7. The van der Waals surface area contributed by atoms with Crippen molar-refractivity contribution in [1.82, 2.24) is 15.0 Å². The Morgan fingerprint density at radius 3 is 0.976 bits per heavy atom. The Morgan fingerprint density at radius 1 is 0.429 bits per heavy atom. The highest BCUT2D eigenvalue weighted by molar-refractivity contribution is 4.89. The molecule has 4 aromatic rings. The summed E-state index contributed by atoms with van der Waals surface area (Å²) in [6.45, 7) is -0.200. The SMILES string of the molecule is CCCCCCCCCCCCCC[n+]1ccccc1.FC(F)F.c1ccncc1.c1ccncc1.c1ccncc1. The summed E-state index contributed by atoms with van der Waals surface area (Å²) in [4.78, 5) is 11.4. The van der Waals surface area contributed by atoms with E-state index in [0.29, 0.717) is 0 Å². The van der Waals surface area contributed by atoms with Gasteiger partial charge in [0.2, 0.25) is 0 Å². The summed E-state index contributed by atoms with van der Waals surface area (Å²) in [5.41, 5.74) is 0. The number of aryl methyl sites for hydroxylation is 1. The summed E-state index contributed by atoms with van der Waals surface area (Å²) >= 11 is 0. The summed E-state index contributed by atoms with van der Waals surface area (Å²) in [6.07, 6.45) is 31.9. The lowest BCUT2D eigenvalue weighted by molar-refractivity contribution is -0.697. The van der Waals surface area contributed by atoms with Gasteiger partial charge in [-0.3, -0.25) is 15.0 Å². The van der Waals surface area contributed by atoms with Crippen LogP contribution in [-0.4, -0.2) is 21.6 Å². The molecule has 0 aliphatic heterocycles. The number of aromatic nitrogens is 4. The molecule has 7 heteroatoms. The first kappa shape index (κ1) is 38.4. The van der Waals surface area contributed by atoms with Crippen LogP contribution >= 0.6 is 0 Å². The van der Waals surface area contributed by atoms with Crippen LogP contribution in [0.25, 0.3) is 0 Å². The molecule has 42 heavy (non-hydrogen) atoms. The van der Waals surface area contributed by atoms with Crippen LogP contribution in [0.3, 0.4) is 0 Å². The Labute approximate surface area is 252 Å². The predicted molar refractivity (Wildman–Crippen MR) is 168 cm³/mol. The molecule has 0 N–H and O–H groups in total. The lowest BCUT2D eigenvalue weighted by atomic mass is 10.1. The molecule has 0 amide bonds. The number of alkyl halides is 3. The van der Waals surface area contributed by atoms with E-state index in [4.69, 9.17) is 0 Å². The third-order valence-electron chi connectivity index (χ3n) is 5.75. The smallest absolute Gasteiger partial charge is 0.265 e. The second-order valence-corrected chi connectivity index (χ2v) is 9.32. The molecule has 0 radical (unpaired) electrons. The van der Waals surface area contributed by atoms with Gasteiger partial charge in [-0.25, -0.2) is 4.57 Å². The molecule has 0 fully saturated rings. The number of hydrogen-bond donors (Lipinski definition) is 0. The molecule has 0 unspecified atom stereocenters. The molecule has 0 atom stereocenters. The number of nitrogens with zero attached hydrogens (tertiary/aromatic N) is 4. The van der Waals surface area contributed by atoms with Gasteiger partial charge in [0.05, 0.1) is 0 Å². The fraction of sp³-hybridized carbons (Fsp3) is 0.429. The highest BCUT2D eigenvalue weighted by Crippen LogP contribution is 2.11. The van der Waals surface area contributed by atoms with Gasteiger partial charge in [0.15, 0.2) is 12.4 Å². The van der Waals surface area contributed by atoms with Crippen LogP contribution < -0.4 is 4.57 Å². The van der Waals surface area contributed by atoms with Crippen LogP contribution in [0.1, 0.15) is 84.0 Å². The maximum atomic E-state index is 9.67. The zero-order chi connectivity index (χ0) is 30.6. The standard InChI is InChI=1S/C19H34N.3C5H5N.CHF3/c1-2-3-4-5-6-7-8-9-10-11-12-14-17-20-18-15-13-16-19-20;3*1-2-4-6-5-3-1;2-1(3)4/h13,15-16,18-19H,2-12,14,17H2,1H3;3*1-5H;1H/q+1;;;;. The topological polar surface area (TPSA) is 42.5 Å². The van der Waals surface area contributed by atoms with E-state index in [0.717, 1.165) is 0 Å². The van der Waals surface area contributed by atoms with E-state index in [1.165, 1.54) is 83.6 Å². The van der Waals surface area contributed by atoms with Crippen molar-refractivity contribution in [3.63, 3.8) is 0 Å². The third-order valence-corrected chi connectivity index (χ3v) is 5.75. The van der Waals surface area contributed by atoms with E-state index < -0.39 is 6.68 Å². The van der Waals surface area contributed by atoms with E-state index >= 15 is 0 Å². The largest absolute Gasteiger partial charge is 0.379 e. The summed E-state index contributed by atoms with van der Waals surface area (Å²) in [6, 6.07) is 23.5. The van der Waals surface area contributed by atoms with Crippen molar-refractivity contribution < 1.29 is 17.7 Å². The third kappa shape index (κ3) is 34.4. The average molecular weight is 584 g/mol. The summed E-state index contributed by atoms with van der Waals surface area (Å²) in [7, 11) is 0. The van der Waals surface area contributed by atoms with E-state index in [-0.39, 0.29) is 0 Å². The van der Waals surface area contributed by atoms with Crippen LogP contribution in [0.15, 0.2) is 122 Å². The van der Waals surface area contributed by atoms with Crippen LogP contribution in [0.4, 0.5) is 13.2 Å². The maximum absolute atomic E-state index is 9.67. The Kier molecular flexibility index (Phi) is 30.7. The van der Waals surface area contributed by atoms with Gasteiger partial charge in [0.25, 0.3) is 0 Å². The highest BCUT2D eigenvalue weighted by atomic mass is 19.4. The van der Waals surface area contributed by atoms with Crippen molar-refractivity contribution in [2.24, 2.45) is 0 Å². The fourth-order valence-electron chi connectivity index (χ4n) is 3.66. The summed E-state index contributed by atoms with van der Waals surface area (Å²) < 4.78 is 31.3. The van der Waals surface area contributed by atoms with Crippen molar-refractivity contribution in [2.75, 3.05) is 0 Å². The van der Waals surface area contributed by atoms with E-state index in [9.17, 15) is 13.2 Å². The predicted octanol–water partition coefficient (Wildman–Crippen LogP) is 10.1. The van der Waals surface area contributed by atoms with Gasteiger partial charge < -0.3 is 0 Å². The highest BCUT2D eigenvalue weighted by Gasteiger charge is 1.98. The minimum atomic E-state index is -3.67. The van der Waals surface area contributed by atoms with Crippen molar-refractivity contribution in [1.29, 1.82) is 0 Å². The van der Waals surface area contributed by atoms with E-state index in [1.807, 2.05) is 54.6 Å². The van der Waals surface area contributed by atoms with Gasteiger partial charge in [-0.15, -0.1) is 0 Å². The van der Waals surface area contributed by atoms with Gasteiger partial charge in [-0.1, -0.05) is 95.4 Å². The zero-order valence-corrected chi connectivity index (χ0v) is 25.2. The Hall–Kier alpha value is -3.61. The molecule has 0 aliphatic carbocycles. The molecule has 230 valence electrons. The monoisotopic (exact) mass is 583 g/mol. The second kappa shape index (κ2) is 33.6. The molecule has 0 saturated heterocycles. The molecule has 0 aliphatic rings. The minimum absolute atomic E-state index is 1.18. The molecule has 4 rings (SSSR count). The molecule has 0 aromatic carbocycles. The molecular weight excluding hydrogens is 533 g/mol. The first-order valence-electron chi connectivity index (χ1n) is 15.1. The number of halogens is 3. The van der Waals surface area contributed by atoms with Crippen molar-refractivity contribution >= 4 is 0 Å². The molecule has 0 saturated carbocycles. The van der Waals surface area contributed by atoms with Crippen LogP contribution in [-0.2, 0) is 6.54 Å². The van der Waals surface area contributed by atoms with Crippen LogP contribution in [0, 0.1) is 0 Å². The Bertz CT molecular complexity index is 809. The summed E-state index contributed by atoms with van der Waals surface area (Å²) in [5.74, 6) is 0. The molecule has 0 spiro atoms. The number of pyridine rings is 4. The van der Waals surface area contributed by atoms with Gasteiger partial charge in [0.1, 0.15) is 6.54 Å². The van der Waals surface area contributed by atoms with Crippen molar-refractivity contribution in [2.45, 2.75) is 97.2 Å². The lowest BCUT2D eigenvalue weighted by Gasteiger charge is -2.02. The number of unbranched alkanes of at least 4 members (excludes halogenated alkanes) is 11. The van der Waals surface area contributed by atoms with Crippen LogP contribution in [0.2, 0.25) is 0 Å². The fourth-order valence-corrected chi connectivity index (χ4v) is 3.66. The van der Waals surface area contributed by atoms with Crippen molar-refractivity contribution in [3.05, 3.63) is 122 Å². The van der Waals surface area contributed by atoms with Gasteiger partial charge in [0, 0.05) is 55.7 Å². The number of hydrogen-bond acceptors (Lipinski definition) is 3. The molecule has 0 bridgehead atoms. The van der Waals surface area contributed by atoms with Crippen LogP contribution in [0.5, 0.6) is 0 Å². The maximum Gasteiger partial charge on any atom is 0.379 e. The van der Waals surface area contributed by atoms with E-state index in [2.05, 4.69) is 57.0 Å². The molecule has 4 aromatic heterocycles. The molecule has 4 nitrogen and oxygen atoms in total. The number of rotatable bonds is 13. The quantitative estimate of drug-likeness (QED) is 0.116. The lowest BCUT2D eigenvalue weighted by Crippen LogP contribution is -2.32. The summed E-state index contributed by atoms with van der Waals surface area (Å²) in [5, 5.41) is 0. The molecule has 4 heterocycles. The van der Waals surface area contributed by atoms with E-state index in [1.54, 1.807) is 37.2 Å². The second-order valence-electron chi connectivity index (χ2n) is 9.32. The molecular formula is C35H50F3N4+. The van der Waals surface area contributed by atoms with Crippen molar-refractivity contribution in [3.8, 4) is 0 Å². The minimum Gasteiger partial charge on any atom is -0.265 e. The Morgan fingerprint density at radius 2 is 0.714 bits per heavy atom. The normalized spacial score (nSPS) is 9.45.